The van der Waals surface area contributed by atoms with Gasteiger partial charge in [-0.05, 0) is 49.2 Å². The highest BCUT2D eigenvalue weighted by molar-refractivity contribution is 9.10. The number of pyridine rings is 1. The van der Waals surface area contributed by atoms with Gasteiger partial charge in [0.25, 0.3) is 5.91 Å². The lowest BCUT2D eigenvalue weighted by atomic mass is 10.1. The van der Waals surface area contributed by atoms with Crippen LogP contribution in [0.25, 0.3) is 0 Å². The summed E-state index contributed by atoms with van der Waals surface area (Å²) < 4.78 is 40.2. The van der Waals surface area contributed by atoms with E-state index in [1.807, 2.05) is 0 Å². The van der Waals surface area contributed by atoms with Crippen molar-refractivity contribution in [3.05, 3.63) is 76.3 Å². The van der Waals surface area contributed by atoms with E-state index in [2.05, 4.69) is 47.1 Å². The van der Waals surface area contributed by atoms with Gasteiger partial charge in [0.1, 0.15) is 5.54 Å². The first kappa shape index (κ1) is 23.6. The molecule has 0 atom stereocenters. The molecule has 8 nitrogen and oxygen atoms in total. The molecule has 12 heteroatoms. The minimum absolute atomic E-state index is 0.0969. The van der Waals surface area contributed by atoms with Crippen LogP contribution >= 0.6 is 15.9 Å². The molecule has 0 radical (unpaired) electrons. The molecule has 176 valence electrons. The van der Waals surface area contributed by atoms with Crippen LogP contribution in [-0.2, 0) is 17.5 Å². The van der Waals surface area contributed by atoms with Gasteiger partial charge in [0.15, 0.2) is 0 Å². The number of aromatic nitrogens is 3. The van der Waals surface area contributed by atoms with Gasteiger partial charge >= 0.3 is 6.18 Å². The van der Waals surface area contributed by atoms with Crippen LogP contribution < -0.4 is 16.0 Å². The summed E-state index contributed by atoms with van der Waals surface area (Å²) >= 11 is 3.05. The number of hydrogen-bond acceptors (Lipinski definition) is 6. The monoisotopic (exact) mass is 534 g/mol. The Kier molecular flexibility index (Phi) is 6.51. The van der Waals surface area contributed by atoms with Gasteiger partial charge in [0.05, 0.1) is 53.3 Å². The van der Waals surface area contributed by atoms with Crippen molar-refractivity contribution in [2.24, 2.45) is 0 Å². The number of carbonyl (C=O) groups excluding carboxylic acids is 2. The summed E-state index contributed by atoms with van der Waals surface area (Å²) in [7, 11) is 0. The number of carbonyl (C=O) groups is 2. The number of amides is 2. The molecule has 0 aliphatic heterocycles. The number of rotatable bonds is 7. The molecule has 4 rings (SSSR count). The quantitative estimate of drug-likeness (QED) is 0.423. The summed E-state index contributed by atoms with van der Waals surface area (Å²) in [4.78, 5) is 29.1. The normalized spacial score (nSPS) is 14.2. The molecule has 0 spiro atoms. The van der Waals surface area contributed by atoms with Crippen molar-refractivity contribution >= 4 is 39.1 Å². The Morgan fingerprint density at radius 2 is 1.85 bits per heavy atom. The van der Waals surface area contributed by atoms with Crippen LogP contribution in [0.3, 0.4) is 0 Å². The summed E-state index contributed by atoms with van der Waals surface area (Å²) in [6.07, 6.45) is 0.580. The molecule has 3 N–H and O–H groups in total. The van der Waals surface area contributed by atoms with Gasteiger partial charge < -0.3 is 16.0 Å². The molecule has 1 aliphatic rings. The van der Waals surface area contributed by atoms with Crippen LogP contribution in [-0.4, -0.2) is 32.5 Å². The number of hydrogen-bond donors (Lipinski definition) is 3. The number of nitrogens with zero attached hydrogens (tertiary/aromatic N) is 3. The average molecular weight is 535 g/mol. The van der Waals surface area contributed by atoms with E-state index < -0.39 is 23.2 Å². The first-order valence-corrected chi connectivity index (χ1v) is 10.9. The minimum Gasteiger partial charge on any atom is -0.354 e. The zero-order valence-corrected chi connectivity index (χ0v) is 19.1. The Bertz CT molecular complexity index is 1200. The summed E-state index contributed by atoms with van der Waals surface area (Å²) in [6.45, 7) is 0.0969. The predicted molar refractivity (Wildman–Crippen MR) is 120 cm³/mol. The highest BCUT2D eigenvalue weighted by atomic mass is 79.9. The molecule has 0 unspecified atom stereocenters. The fourth-order valence-electron chi connectivity index (χ4n) is 3.21. The van der Waals surface area contributed by atoms with Crippen molar-refractivity contribution in [2.75, 3.05) is 5.32 Å². The molecule has 1 saturated carbocycles. The summed E-state index contributed by atoms with van der Waals surface area (Å²) in [5.41, 5.74) is -0.714. The molecule has 1 aromatic carbocycles. The van der Waals surface area contributed by atoms with Crippen LogP contribution in [0.2, 0.25) is 0 Å². The Hall–Kier alpha value is -3.54. The lowest BCUT2D eigenvalue weighted by Crippen LogP contribution is -2.48. The van der Waals surface area contributed by atoms with Crippen LogP contribution in [0.15, 0.2) is 59.5 Å². The van der Waals surface area contributed by atoms with E-state index >= 15 is 0 Å². The van der Waals surface area contributed by atoms with Crippen molar-refractivity contribution < 1.29 is 22.8 Å². The van der Waals surface area contributed by atoms with Crippen molar-refractivity contribution in [3.63, 3.8) is 0 Å². The fourth-order valence-corrected chi connectivity index (χ4v) is 3.57. The Morgan fingerprint density at radius 1 is 1.06 bits per heavy atom. The minimum atomic E-state index is -4.52. The molecule has 0 saturated heterocycles. The SMILES string of the molecule is O=C(NC1(C(=O)NCc2ccc(Nc3ccc(Br)cc3C(F)(F)F)cn2)CC1)c1ccnnc1. The topological polar surface area (TPSA) is 109 Å². The zero-order valence-electron chi connectivity index (χ0n) is 17.5. The van der Waals surface area contributed by atoms with Gasteiger partial charge in [-0.2, -0.15) is 23.4 Å². The van der Waals surface area contributed by atoms with Gasteiger partial charge in [-0.3, -0.25) is 14.6 Å². The molecule has 2 aromatic heterocycles. The van der Waals surface area contributed by atoms with Crippen molar-refractivity contribution in [1.29, 1.82) is 0 Å². The molecule has 34 heavy (non-hydrogen) atoms. The maximum atomic E-state index is 13.3. The largest absolute Gasteiger partial charge is 0.418 e. The van der Waals surface area contributed by atoms with Gasteiger partial charge in [0, 0.05) is 4.47 Å². The Balaban J connectivity index is 1.35. The van der Waals surface area contributed by atoms with Gasteiger partial charge in [-0.1, -0.05) is 15.9 Å². The third-order valence-corrected chi connectivity index (χ3v) is 5.70. The van der Waals surface area contributed by atoms with Gasteiger partial charge in [0.2, 0.25) is 5.91 Å². The van der Waals surface area contributed by atoms with E-state index in [4.69, 9.17) is 0 Å². The van der Waals surface area contributed by atoms with Gasteiger partial charge in [-0.25, -0.2) is 0 Å². The van der Waals surface area contributed by atoms with Crippen molar-refractivity contribution in [3.8, 4) is 0 Å². The highest BCUT2D eigenvalue weighted by Gasteiger charge is 2.51. The number of benzene rings is 1. The maximum Gasteiger partial charge on any atom is 0.418 e. The third-order valence-electron chi connectivity index (χ3n) is 5.20. The van der Waals surface area contributed by atoms with Gasteiger partial charge in [-0.15, -0.1) is 0 Å². The molecule has 1 fully saturated rings. The van der Waals surface area contributed by atoms with E-state index in [-0.39, 0.29) is 18.1 Å². The second-order valence-corrected chi connectivity index (χ2v) is 8.62. The first-order chi connectivity index (χ1) is 16.2. The van der Waals surface area contributed by atoms with Crippen LogP contribution in [0.4, 0.5) is 24.5 Å². The molecule has 0 bridgehead atoms. The summed E-state index contributed by atoms with van der Waals surface area (Å²) in [6, 6.07) is 8.50. The third kappa shape index (κ3) is 5.50. The van der Waals surface area contributed by atoms with Crippen LogP contribution in [0.5, 0.6) is 0 Å². The molecule has 1 aliphatic carbocycles. The van der Waals surface area contributed by atoms with E-state index in [1.165, 1.54) is 36.8 Å². The molecular formula is C22H18BrF3N6O2. The molecule has 2 amide bonds. The van der Waals surface area contributed by atoms with Crippen LogP contribution in [0.1, 0.15) is 34.5 Å². The smallest absolute Gasteiger partial charge is 0.354 e. The molecular weight excluding hydrogens is 517 g/mol. The van der Waals surface area contributed by atoms with Crippen molar-refractivity contribution in [1.82, 2.24) is 25.8 Å². The number of alkyl halides is 3. The second-order valence-electron chi connectivity index (χ2n) is 7.70. The number of nitrogens with one attached hydrogen (secondary N) is 3. The first-order valence-electron chi connectivity index (χ1n) is 10.1. The Morgan fingerprint density at radius 3 is 2.47 bits per heavy atom. The average Bonchev–Trinajstić information content (AvgIpc) is 3.60. The van der Waals surface area contributed by atoms with Crippen LogP contribution in [0, 0.1) is 0 Å². The number of anilines is 2. The highest BCUT2D eigenvalue weighted by Crippen LogP contribution is 2.38. The van der Waals surface area contributed by atoms with E-state index in [9.17, 15) is 22.8 Å². The summed E-state index contributed by atoms with van der Waals surface area (Å²) in [5, 5.41) is 15.5. The fraction of sp³-hybridized carbons (Fsp3) is 0.227. The zero-order chi connectivity index (χ0) is 24.3. The Labute approximate surface area is 200 Å². The lowest BCUT2D eigenvalue weighted by molar-refractivity contribution is -0.137. The summed E-state index contributed by atoms with van der Waals surface area (Å²) in [5.74, 6) is -0.751. The standard InChI is InChI=1S/C22H18BrF3N6O2/c23-14-1-4-18(17(9-14)22(24,25)26)31-16-3-2-15(27-12-16)11-28-20(34)21(6-7-21)32-19(33)13-5-8-29-30-10-13/h1-5,8-10,12,31H,6-7,11H2,(H,28,34)(H,32,33). The maximum absolute atomic E-state index is 13.3. The van der Waals surface area contributed by atoms with E-state index in [0.717, 1.165) is 6.07 Å². The molecule has 2 heterocycles. The van der Waals surface area contributed by atoms with E-state index in [0.29, 0.717) is 34.3 Å². The van der Waals surface area contributed by atoms with E-state index in [1.54, 1.807) is 12.1 Å². The lowest BCUT2D eigenvalue weighted by Gasteiger charge is -2.17. The van der Waals surface area contributed by atoms with Crippen molar-refractivity contribution in [2.45, 2.75) is 31.1 Å². The molecule has 3 aromatic rings. The second kappa shape index (κ2) is 9.37. The number of halogens is 4. The predicted octanol–water partition coefficient (Wildman–Crippen LogP) is 3.98.